The standard InChI is InChI=1S/C11H12N2O2S/c1-8-10(6-9-2-5-16-7-9)11(15)13(12-8)3-4-14/h2,5-7,14H,3-4H2,1H3/b10-6+. The van der Waals surface area contributed by atoms with E-state index in [0.29, 0.717) is 11.3 Å². The fourth-order valence-electron chi connectivity index (χ4n) is 1.51. The second-order valence-corrected chi connectivity index (χ2v) is 4.23. The molecule has 4 nitrogen and oxygen atoms in total. The van der Waals surface area contributed by atoms with Crippen molar-refractivity contribution in [2.45, 2.75) is 6.92 Å². The van der Waals surface area contributed by atoms with Crippen molar-refractivity contribution in [3.8, 4) is 0 Å². The summed E-state index contributed by atoms with van der Waals surface area (Å²) in [5.41, 5.74) is 2.31. The molecule has 1 aromatic heterocycles. The number of carbonyl (C=O) groups is 1. The summed E-state index contributed by atoms with van der Waals surface area (Å²) in [7, 11) is 0. The van der Waals surface area contributed by atoms with Crippen LogP contribution in [0, 0.1) is 0 Å². The van der Waals surface area contributed by atoms with Crippen LogP contribution < -0.4 is 0 Å². The molecule has 1 aliphatic rings. The largest absolute Gasteiger partial charge is 0.394 e. The summed E-state index contributed by atoms with van der Waals surface area (Å²) < 4.78 is 0. The molecule has 84 valence electrons. The highest BCUT2D eigenvalue weighted by molar-refractivity contribution is 7.08. The Hall–Kier alpha value is -1.46. The van der Waals surface area contributed by atoms with E-state index in [1.165, 1.54) is 5.01 Å². The fraction of sp³-hybridized carbons (Fsp3) is 0.273. The quantitative estimate of drug-likeness (QED) is 0.805. The van der Waals surface area contributed by atoms with E-state index in [-0.39, 0.29) is 19.1 Å². The van der Waals surface area contributed by atoms with Gasteiger partial charge in [-0.1, -0.05) is 0 Å². The topological polar surface area (TPSA) is 52.9 Å². The maximum absolute atomic E-state index is 11.9. The molecule has 0 fully saturated rings. The number of amides is 1. The molecule has 1 N–H and O–H groups in total. The van der Waals surface area contributed by atoms with Gasteiger partial charge in [0.25, 0.3) is 5.91 Å². The molecular weight excluding hydrogens is 224 g/mol. The number of thiophene rings is 1. The van der Waals surface area contributed by atoms with Crippen LogP contribution in [0.4, 0.5) is 0 Å². The second-order valence-electron chi connectivity index (χ2n) is 3.45. The van der Waals surface area contributed by atoms with E-state index in [4.69, 9.17) is 5.11 Å². The smallest absolute Gasteiger partial charge is 0.275 e. The summed E-state index contributed by atoms with van der Waals surface area (Å²) in [5.74, 6) is -0.141. The average molecular weight is 236 g/mol. The molecule has 0 unspecified atom stereocenters. The lowest BCUT2D eigenvalue weighted by molar-refractivity contribution is -0.126. The van der Waals surface area contributed by atoms with Crippen LogP contribution >= 0.6 is 11.3 Å². The molecule has 16 heavy (non-hydrogen) atoms. The number of carbonyl (C=O) groups excluding carboxylic acids is 1. The summed E-state index contributed by atoms with van der Waals surface area (Å²) in [6.45, 7) is 1.97. The molecule has 0 spiro atoms. The molecule has 1 aliphatic heterocycles. The maximum Gasteiger partial charge on any atom is 0.275 e. The highest BCUT2D eigenvalue weighted by Crippen LogP contribution is 2.19. The lowest BCUT2D eigenvalue weighted by Gasteiger charge is -2.08. The number of rotatable bonds is 3. The van der Waals surface area contributed by atoms with E-state index in [1.54, 1.807) is 18.3 Å². The summed E-state index contributed by atoms with van der Waals surface area (Å²) in [4.78, 5) is 11.9. The third kappa shape index (κ3) is 2.05. The highest BCUT2D eigenvalue weighted by Gasteiger charge is 2.26. The molecule has 0 aliphatic carbocycles. The van der Waals surface area contributed by atoms with Gasteiger partial charge in [0, 0.05) is 0 Å². The van der Waals surface area contributed by atoms with Crippen molar-refractivity contribution in [1.29, 1.82) is 0 Å². The van der Waals surface area contributed by atoms with Gasteiger partial charge in [-0.05, 0) is 35.4 Å². The average Bonchev–Trinajstić information content (AvgIpc) is 2.84. The molecular formula is C11H12N2O2S. The van der Waals surface area contributed by atoms with Crippen LogP contribution in [0.1, 0.15) is 12.5 Å². The summed E-state index contributed by atoms with van der Waals surface area (Å²) in [6.07, 6.45) is 1.83. The van der Waals surface area contributed by atoms with E-state index < -0.39 is 0 Å². The van der Waals surface area contributed by atoms with Crippen LogP contribution in [0.2, 0.25) is 0 Å². The first-order valence-electron chi connectivity index (χ1n) is 4.94. The van der Waals surface area contributed by atoms with E-state index in [1.807, 2.05) is 22.9 Å². The Labute approximate surface area is 97.5 Å². The van der Waals surface area contributed by atoms with Crippen molar-refractivity contribution < 1.29 is 9.90 Å². The monoisotopic (exact) mass is 236 g/mol. The van der Waals surface area contributed by atoms with E-state index in [2.05, 4.69) is 5.10 Å². The zero-order chi connectivity index (χ0) is 11.5. The normalized spacial score (nSPS) is 18.4. The van der Waals surface area contributed by atoms with Gasteiger partial charge in [-0.2, -0.15) is 16.4 Å². The molecule has 0 saturated heterocycles. The molecule has 5 heteroatoms. The maximum atomic E-state index is 11.9. The van der Waals surface area contributed by atoms with Crippen LogP contribution in [0.3, 0.4) is 0 Å². The summed E-state index contributed by atoms with van der Waals surface area (Å²) >= 11 is 1.59. The number of hydrogen-bond acceptors (Lipinski definition) is 4. The van der Waals surface area contributed by atoms with Gasteiger partial charge in [0.05, 0.1) is 24.4 Å². The summed E-state index contributed by atoms with van der Waals surface area (Å²) in [5, 5.41) is 18.1. The first kappa shape index (κ1) is 11.0. The van der Waals surface area contributed by atoms with Gasteiger partial charge in [-0.25, -0.2) is 5.01 Å². The Bertz CT molecular complexity index is 449. The first-order chi connectivity index (χ1) is 7.72. The Morgan fingerprint density at radius 3 is 3.06 bits per heavy atom. The van der Waals surface area contributed by atoms with Crippen LogP contribution in [0.15, 0.2) is 27.5 Å². The van der Waals surface area contributed by atoms with Gasteiger partial charge in [-0.3, -0.25) is 4.79 Å². The molecule has 0 bridgehead atoms. The second kappa shape index (κ2) is 4.59. The van der Waals surface area contributed by atoms with Crippen molar-refractivity contribution in [1.82, 2.24) is 5.01 Å². The zero-order valence-corrected chi connectivity index (χ0v) is 9.70. The minimum atomic E-state index is -0.141. The van der Waals surface area contributed by atoms with Gasteiger partial charge in [0.1, 0.15) is 0 Å². The zero-order valence-electron chi connectivity index (χ0n) is 8.88. The molecule has 2 rings (SSSR count). The third-order valence-corrected chi connectivity index (χ3v) is 2.99. The Balaban J connectivity index is 2.25. The Kier molecular flexibility index (Phi) is 3.17. The molecule has 1 aromatic rings. The predicted molar refractivity (Wildman–Crippen MR) is 64.2 cm³/mol. The number of aliphatic hydroxyl groups is 1. The lowest BCUT2D eigenvalue weighted by atomic mass is 10.1. The van der Waals surface area contributed by atoms with E-state index in [0.717, 1.165) is 5.56 Å². The van der Waals surface area contributed by atoms with E-state index in [9.17, 15) is 4.79 Å². The minimum absolute atomic E-state index is 0.0751. The van der Waals surface area contributed by atoms with Gasteiger partial charge >= 0.3 is 0 Å². The molecule has 2 heterocycles. The van der Waals surface area contributed by atoms with Crippen molar-refractivity contribution in [3.63, 3.8) is 0 Å². The highest BCUT2D eigenvalue weighted by atomic mass is 32.1. The van der Waals surface area contributed by atoms with Crippen LogP contribution in [-0.2, 0) is 4.79 Å². The Morgan fingerprint density at radius 1 is 1.62 bits per heavy atom. The van der Waals surface area contributed by atoms with Crippen molar-refractivity contribution in [3.05, 3.63) is 28.0 Å². The number of nitrogens with zero attached hydrogens (tertiary/aromatic N) is 2. The number of aliphatic hydroxyl groups excluding tert-OH is 1. The van der Waals surface area contributed by atoms with Crippen LogP contribution in [0.25, 0.3) is 6.08 Å². The lowest BCUT2D eigenvalue weighted by Crippen LogP contribution is -2.25. The van der Waals surface area contributed by atoms with Crippen LogP contribution in [0.5, 0.6) is 0 Å². The SMILES string of the molecule is CC1=NN(CCO)C(=O)/C1=C/c1ccsc1. The van der Waals surface area contributed by atoms with Crippen molar-refractivity contribution in [2.75, 3.05) is 13.2 Å². The third-order valence-electron chi connectivity index (χ3n) is 2.29. The number of hydrazone groups is 1. The molecule has 0 radical (unpaired) electrons. The number of hydrogen-bond donors (Lipinski definition) is 1. The predicted octanol–water partition coefficient (Wildman–Crippen LogP) is 1.34. The van der Waals surface area contributed by atoms with Crippen molar-refractivity contribution >= 4 is 29.0 Å². The van der Waals surface area contributed by atoms with Gasteiger partial charge in [0.2, 0.25) is 0 Å². The number of β-amino-alcohol motifs (C(OH)–C–C–N with tert-alkyl or cyclic N) is 1. The van der Waals surface area contributed by atoms with Gasteiger partial charge < -0.3 is 5.11 Å². The fourth-order valence-corrected chi connectivity index (χ4v) is 2.13. The Morgan fingerprint density at radius 2 is 2.44 bits per heavy atom. The van der Waals surface area contributed by atoms with Gasteiger partial charge in [-0.15, -0.1) is 0 Å². The molecule has 1 amide bonds. The van der Waals surface area contributed by atoms with Crippen LogP contribution in [-0.4, -0.2) is 34.9 Å². The van der Waals surface area contributed by atoms with Gasteiger partial charge in [0.15, 0.2) is 0 Å². The summed E-state index contributed by atoms with van der Waals surface area (Å²) in [6, 6.07) is 1.95. The van der Waals surface area contributed by atoms with E-state index >= 15 is 0 Å². The molecule has 0 aromatic carbocycles. The first-order valence-corrected chi connectivity index (χ1v) is 5.89. The molecule has 0 saturated carbocycles. The molecule has 0 atom stereocenters. The minimum Gasteiger partial charge on any atom is -0.394 e. The van der Waals surface area contributed by atoms with Crippen molar-refractivity contribution in [2.24, 2.45) is 5.10 Å².